The van der Waals surface area contributed by atoms with E-state index in [-0.39, 0.29) is 6.54 Å². The Bertz CT molecular complexity index is 126. The molecule has 5 nitrogen and oxygen atoms in total. The van der Waals surface area contributed by atoms with Crippen LogP contribution in [-0.4, -0.2) is 36.5 Å². The molecule has 0 saturated heterocycles. The van der Waals surface area contributed by atoms with Crippen molar-refractivity contribution < 1.29 is 14.7 Å². The number of hydrogen-bond donors (Lipinski definition) is 3. The van der Waals surface area contributed by atoms with Crippen molar-refractivity contribution in [2.45, 2.75) is 6.04 Å². The largest absolute Gasteiger partial charge is 0.394 e. The normalized spacial score (nSPS) is 12.2. The Kier molecular flexibility index (Phi) is 4.43. The summed E-state index contributed by atoms with van der Waals surface area (Å²) in [6.45, 7) is -0.645. The second-order valence-electron chi connectivity index (χ2n) is 1.62. The smallest absolute Gasteiger partial charge is 0.234 e. The third-order valence-corrected chi connectivity index (χ3v) is 0.845. The highest BCUT2D eigenvalue weighted by Gasteiger charge is 2.08. The summed E-state index contributed by atoms with van der Waals surface area (Å²) in [4.78, 5) is 20.3. The van der Waals surface area contributed by atoms with Crippen LogP contribution in [0.4, 0.5) is 0 Å². The molecule has 1 unspecified atom stereocenters. The first-order valence-corrected chi connectivity index (χ1v) is 2.72. The van der Waals surface area contributed by atoms with Gasteiger partial charge in [-0.1, -0.05) is 0 Å². The predicted molar refractivity (Wildman–Crippen MR) is 33.8 cm³/mol. The highest BCUT2D eigenvalue weighted by atomic mass is 16.3. The van der Waals surface area contributed by atoms with Crippen LogP contribution >= 0.6 is 0 Å². The second kappa shape index (κ2) is 4.89. The van der Waals surface area contributed by atoms with Gasteiger partial charge in [0.15, 0.2) is 0 Å². The molecule has 0 saturated carbocycles. The molecule has 0 aliphatic heterocycles. The van der Waals surface area contributed by atoms with Crippen LogP contribution in [0.15, 0.2) is 0 Å². The SMILES string of the molecule is NCC(=O)NC([C]=O)CO. The molecular weight excluding hydrogens is 136 g/mol. The number of nitrogens with two attached hydrogens (primary N) is 1. The van der Waals surface area contributed by atoms with E-state index in [9.17, 15) is 9.59 Å². The first-order chi connectivity index (χ1) is 4.74. The molecule has 0 bridgehead atoms. The van der Waals surface area contributed by atoms with Gasteiger partial charge in [0.25, 0.3) is 0 Å². The molecule has 0 aromatic heterocycles. The number of amides is 1. The van der Waals surface area contributed by atoms with Gasteiger partial charge in [0, 0.05) is 0 Å². The Morgan fingerprint density at radius 3 is 2.70 bits per heavy atom. The molecule has 1 atom stereocenters. The van der Waals surface area contributed by atoms with Gasteiger partial charge in [0.1, 0.15) is 6.04 Å². The Hall–Kier alpha value is -0.940. The van der Waals surface area contributed by atoms with Gasteiger partial charge in [0.05, 0.1) is 13.2 Å². The van der Waals surface area contributed by atoms with E-state index in [0.717, 1.165) is 0 Å². The third kappa shape index (κ3) is 3.16. The molecule has 57 valence electrons. The Morgan fingerprint density at radius 2 is 2.40 bits per heavy atom. The summed E-state index contributed by atoms with van der Waals surface area (Å²) in [5.74, 6) is -0.484. The average molecular weight is 145 g/mol. The number of rotatable bonds is 4. The molecule has 0 aliphatic rings. The lowest BCUT2D eigenvalue weighted by Crippen LogP contribution is -2.41. The number of aliphatic hydroxyl groups excluding tert-OH is 1. The second-order valence-corrected chi connectivity index (χ2v) is 1.62. The van der Waals surface area contributed by atoms with Crippen LogP contribution in [-0.2, 0) is 9.59 Å². The first kappa shape index (κ1) is 9.06. The summed E-state index contributed by atoms with van der Waals surface area (Å²) in [7, 11) is 0. The van der Waals surface area contributed by atoms with E-state index in [2.05, 4.69) is 5.32 Å². The predicted octanol–water partition coefficient (Wildman–Crippen LogP) is -2.47. The van der Waals surface area contributed by atoms with Gasteiger partial charge >= 0.3 is 0 Å². The number of nitrogens with one attached hydrogen (secondary N) is 1. The van der Waals surface area contributed by atoms with Crippen molar-refractivity contribution in [2.24, 2.45) is 5.73 Å². The van der Waals surface area contributed by atoms with Crippen molar-refractivity contribution in [2.75, 3.05) is 13.2 Å². The third-order valence-electron chi connectivity index (χ3n) is 0.845. The summed E-state index contributed by atoms with van der Waals surface area (Å²) in [5, 5.41) is 10.5. The molecule has 0 rings (SSSR count). The standard InChI is InChI=1S/C5H9N2O3/c6-1-5(10)7-4(2-8)3-9/h4,8H,1-2,6H2,(H,7,10). The van der Waals surface area contributed by atoms with Crippen LogP contribution in [0.2, 0.25) is 0 Å². The van der Waals surface area contributed by atoms with Crippen LogP contribution in [0, 0.1) is 0 Å². The Morgan fingerprint density at radius 1 is 1.80 bits per heavy atom. The average Bonchev–Trinajstić information content (AvgIpc) is 1.99. The molecule has 0 aromatic carbocycles. The van der Waals surface area contributed by atoms with E-state index in [1.807, 2.05) is 0 Å². The lowest BCUT2D eigenvalue weighted by molar-refractivity contribution is -0.120. The zero-order valence-electron chi connectivity index (χ0n) is 5.33. The van der Waals surface area contributed by atoms with Gasteiger partial charge in [0.2, 0.25) is 12.2 Å². The van der Waals surface area contributed by atoms with Crippen molar-refractivity contribution in [3.63, 3.8) is 0 Å². The summed E-state index contributed by atoms with van der Waals surface area (Å²) < 4.78 is 0. The first-order valence-electron chi connectivity index (χ1n) is 2.72. The van der Waals surface area contributed by atoms with Crippen molar-refractivity contribution in [1.82, 2.24) is 5.32 Å². The maximum atomic E-state index is 10.4. The van der Waals surface area contributed by atoms with Gasteiger partial charge in [-0.3, -0.25) is 9.59 Å². The Labute approximate surface area is 58.2 Å². The summed E-state index contributed by atoms with van der Waals surface area (Å²) >= 11 is 0. The van der Waals surface area contributed by atoms with Gasteiger partial charge in [-0.05, 0) is 0 Å². The minimum Gasteiger partial charge on any atom is -0.394 e. The zero-order chi connectivity index (χ0) is 7.98. The highest BCUT2D eigenvalue weighted by molar-refractivity contribution is 5.81. The fraction of sp³-hybridized carbons (Fsp3) is 0.600. The molecule has 0 heterocycles. The molecule has 0 spiro atoms. The molecule has 10 heavy (non-hydrogen) atoms. The lowest BCUT2D eigenvalue weighted by atomic mass is 10.3. The van der Waals surface area contributed by atoms with Crippen molar-refractivity contribution in [1.29, 1.82) is 0 Å². The van der Waals surface area contributed by atoms with Crippen molar-refractivity contribution in [3.8, 4) is 0 Å². The molecule has 1 radical (unpaired) electrons. The fourth-order valence-corrected chi connectivity index (χ4v) is 0.366. The lowest BCUT2D eigenvalue weighted by Gasteiger charge is -2.06. The molecule has 4 N–H and O–H groups in total. The minimum absolute atomic E-state index is 0.196. The van der Waals surface area contributed by atoms with Gasteiger partial charge in [-0.25, -0.2) is 0 Å². The molecule has 0 aliphatic carbocycles. The minimum atomic E-state index is -0.948. The maximum absolute atomic E-state index is 10.4. The van der Waals surface area contributed by atoms with E-state index >= 15 is 0 Å². The Balaban J connectivity index is 3.62. The fourth-order valence-electron chi connectivity index (χ4n) is 0.366. The molecular formula is C5H9N2O3. The van der Waals surface area contributed by atoms with E-state index in [1.165, 1.54) is 6.29 Å². The summed E-state index contributed by atoms with van der Waals surface area (Å²) in [6.07, 6.45) is 1.43. The zero-order valence-corrected chi connectivity index (χ0v) is 5.33. The van der Waals surface area contributed by atoms with E-state index in [0.29, 0.717) is 0 Å². The van der Waals surface area contributed by atoms with E-state index < -0.39 is 18.6 Å². The topological polar surface area (TPSA) is 92.4 Å². The maximum Gasteiger partial charge on any atom is 0.234 e. The number of aliphatic hydroxyl groups is 1. The molecule has 0 aromatic rings. The van der Waals surface area contributed by atoms with Gasteiger partial charge in [-0.2, -0.15) is 0 Å². The van der Waals surface area contributed by atoms with Crippen LogP contribution in [0.1, 0.15) is 0 Å². The van der Waals surface area contributed by atoms with Gasteiger partial charge < -0.3 is 16.2 Å². The van der Waals surface area contributed by atoms with E-state index in [1.54, 1.807) is 0 Å². The molecule has 1 amide bonds. The van der Waals surface area contributed by atoms with Crippen LogP contribution in [0.5, 0.6) is 0 Å². The number of carbonyl (C=O) groups excluding carboxylic acids is 2. The highest BCUT2D eigenvalue weighted by Crippen LogP contribution is 1.73. The monoisotopic (exact) mass is 145 g/mol. The summed E-state index contributed by atoms with van der Waals surface area (Å²) in [6, 6.07) is -0.948. The van der Waals surface area contributed by atoms with Crippen molar-refractivity contribution >= 4 is 12.2 Å². The van der Waals surface area contributed by atoms with E-state index in [4.69, 9.17) is 10.8 Å². The number of carbonyl (C=O) groups is 1. The number of hydrogen-bond acceptors (Lipinski definition) is 4. The van der Waals surface area contributed by atoms with Crippen molar-refractivity contribution in [3.05, 3.63) is 0 Å². The quantitative estimate of drug-likeness (QED) is 0.409. The van der Waals surface area contributed by atoms with Crippen LogP contribution in [0.3, 0.4) is 0 Å². The van der Waals surface area contributed by atoms with Crippen LogP contribution < -0.4 is 11.1 Å². The van der Waals surface area contributed by atoms with Gasteiger partial charge in [-0.15, -0.1) is 0 Å². The summed E-state index contributed by atoms with van der Waals surface area (Å²) in [5.41, 5.74) is 4.91. The van der Waals surface area contributed by atoms with Crippen LogP contribution in [0.25, 0.3) is 0 Å². The molecule has 0 fully saturated rings. The molecule has 5 heteroatoms.